The predicted molar refractivity (Wildman–Crippen MR) is 77.5 cm³/mol. The molecular weight excluding hydrogens is 238 g/mol. The minimum absolute atomic E-state index is 0.247. The Morgan fingerprint density at radius 2 is 1.79 bits per heavy atom. The van der Waals surface area contributed by atoms with Gasteiger partial charge < -0.3 is 10.1 Å². The molecule has 0 spiro atoms. The molecule has 0 amide bonds. The average molecular weight is 261 g/mol. The number of nitrogens with one attached hydrogen (secondary N) is 1. The molecular formula is C16H23NO2. The number of esters is 1. The van der Waals surface area contributed by atoms with Crippen LogP contribution in [0.15, 0.2) is 24.3 Å². The fourth-order valence-corrected chi connectivity index (χ4v) is 2.58. The second kappa shape index (κ2) is 7.17. The molecule has 1 aromatic carbocycles. The van der Waals surface area contributed by atoms with E-state index in [1.165, 1.54) is 38.5 Å². The molecule has 0 saturated heterocycles. The van der Waals surface area contributed by atoms with Gasteiger partial charge in [0.25, 0.3) is 0 Å². The first-order valence-electron chi connectivity index (χ1n) is 7.33. The van der Waals surface area contributed by atoms with E-state index in [2.05, 4.69) is 5.32 Å². The first kappa shape index (κ1) is 13.9. The predicted octanol–water partition coefficient (Wildman–Crippen LogP) is 4.00. The summed E-state index contributed by atoms with van der Waals surface area (Å²) in [4.78, 5) is 11.5. The molecule has 1 aliphatic carbocycles. The summed E-state index contributed by atoms with van der Waals surface area (Å²) in [5, 5.41) is 3.57. The van der Waals surface area contributed by atoms with Gasteiger partial charge in [-0.3, -0.25) is 0 Å². The van der Waals surface area contributed by atoms with Crippen molar-refractivity contribution in [2.75, 3.05) is 11.9 Å². The smallest absolute Gasteiger partial charge is 0.338 e. The van der Waals surface area contributed by atoms with Crippen LogP contribution >= 0.6 is 0 Å². The summed E-state index contributed by atoms with van der Waals surface area (Å²) in [6.07, 6.45) is 7.86. The molecule has 0 atom stereocenters. The molecule has 1 aliphatic rings. The van der Waals surface area contributed by atoms with E-state index in [1.807, 2.05) is 31.2 Å². The quantitative estimate of drug-likeness (QED) is 0.657. The summed E-state index contributed by atoms with van der Waals surface area (Å²) >= 11 is 0. The third-order valence-corrected chi connectivity index (χ3v) is 3.62. The highest BCUT2D eigenvalue weighted by atomic mass is 16.5. The van der Waals surface area contributed by atoms with Gasteiger partial charge in [0.1, 0.15) is 0 Å². The maximum absolute atomic E-state index is 11.5. The van der Waals surface area contributed by atoms with Gasteiger partial charge in [0.2, 0.25) is 0 Å². The van der Waals surface area contributed by atoms with Crippen LogP contribution in [0.3, 0.4) is 0 Å². The molecule has 3 nitrogen and oxygen atoms in total. The standard InChI is InChI=1S/C16H23NO2/c1-2-19-16(18)13-9-11-15(12-10-13)17-14-7-5-3-4-6-8-14/h9-12,14,17H,2-8H2,1H3. The fraction of sp³-hybridized carbons (Fsp3) is 0.562. The summed E-state index contributed by atoms with van der Waals surface area (Å²) in [6, 6.07) is 8.18. The largest absolute Gasteiger partial charge is 0.462 e. The zero-order chi connectivity index (χ0) is 13.5. The molecule has 1 N–H and O–H groups in total. The molecule has 0 radical (unpaired) electrons. The molecule has 0 bridgehead atoms. The normalized spacial score (nSPS) is 16.7. The zero-order valence-electron chi connectivity index (χ0n) is 11.7. The van der Waals surface area contributed by atoms with E-state index in [1.54, 1.807) is 0 Å². The molecule has 0 heterocycles. The van der Waals surface area contributed by atoms with Crippen LogP contribution in [0.25, 0.3) is 0 Å². The van der Waals surface area contributed by atoms with Gasteiger partial charge in [-0.05, 0) is 44.0 Å². The van der Waals surface area contributed by atoms with Crippen molar-refractivity contribution >= 4 is 11.7 Å². The van der Waals surface area contributed by atoms with E-state index in [4.69, 9.17) is 4.74 Å². The number of hydrogen-bond acceptors (Lipinski definition) is 3. The Kier molecular flexibility index (Phi) is 5.25. The van der Waals surface area contributed by atoms with Crippen LogP contribution in [0, 0.1) is 0 Å². The van der Waals surface area contributed by atoms with Gasteiger partial charge in [-0.25, -0.2) is 4.79 Å². The number of hydrogen-bond donors (Lipinski definition) is 1. The lowest BCUT2D eigenvalue weighted by Gasteiger charge is -2.17. The van der Waals surface area contributed by atoms with E-state index in [-0.39, 0.29) is 5.97 Å². The molecule has 104 valence electrons. The molecule has 1 fully saturated rings. The van der Waals surface area contributed by atoms with Crippen molar-refractivity contribution < 1.29 is 9.53 Å². The number of anilines is 1. The monoisotopic (exact) mass is 261 g/mol. The summed E-state index contributed by atoms with van der Waals surface area (Å²) < 4.78 is 4.97. The van der Waals surface area contributed by atoms with E-state index in [0.29, 0.717) is 18.2 Å². The van der Waals surface area contributed by atoms with Gasteiger partial charge in [0.15, 0.2) is 0 Å². The molecule has 19 heavy (non-hydrogen) atoms. The lowest BCUT2D eigenvalue weighted by molar-refractivity contribution is 0.0526. The lowest BCUT2D eigenvalue weighted by atomic mass is 10.1. The first-order chi connectivity index (χ1) is 9.29. The van der Waals surface area contributed by atoms with Crippen LogP contribution in [0.5, 0.6) is 0 Å². The zero-order valence-corrected chi connectivity index (χ0v) is 11.7. The molecule has 3 heteroatoms. The number of carbonyl (C=O) groups excluding carboxylic acids is 1. The molecule has 0 aromatic heterocycles. The summed E-state index contributed by atoms with van der Waals surface area (Å²) in [7, 11) is 0. The molecule has 0 aliphatic heterocycles. The minimum Gasteiger partial charge on any atom is -0.462 e. The highest BCUT2D eigenvalue weighted by Crippen LogP contribution is 2.21. The Bertz CT molecular complexity index is 392. The summed E-state index contributed by atoms with van der Waals surface area (Å²) in [5.41, 5.74) is 1.72. The maximum Gasteiger partial charge on any atom is 0.338 e. The van der Waals surface area contributed by atoms with Gasteiger partial charge in [-0.1, -0.05) is 25.7 Å². The summed E-state index contributed by atoms with van der Waals surface area (Å²) in [6.45, 7) is 2.24. The van der Waals surface area contributed by atoms with Crippen LogP contribution in [-0.4, -0.2) is 18.6 Å². The lowest BCUT2D eigenvalue weighted by Crippen LogP contribution is -2.18. The first-order valence-corrected chi connectivity index (χ1v) is 7.33. The van der Waals surface area contributed by atoms with Crippen molar-refractivity contribution in [1.82, 2.24) is 0 Å². The van der Waals surface area contributed by atoms with Gasteiger partial charge in [-0.2, -0.15) is 0 Å². The number of rotatable bonds is 4. The van der Waals surface area contributed by atoms with Crippen LogP contribution < -0.4 is 5.32 Å². The Morgan fingerprint density at radius 1 is 1.16 bits per heavy atom. The fourth-order valence-electron chi connectivity index (χ4n) is 2.58. The van der Waals surface area contributed by atoms with Crippen LogP contribution in [0.4, 0.5) is 5.69 Å². The van der Waals surface area contributed by atoms with Crippen molar-refractivity contribution in [2.24, 2.45) is 0 Å². The van der Waals surface area contributed by atoms with Gasteiger partial charge in [-0.15, -0.1) is 0 Å². The molecule has 2 rings (SSSR count). The Labute approximate surface area is 115 Å². The summed E-state index contributed by atoms with van der Waals surface area (Å²) in [5.74, 6) is -0.247. The minimum atomic E-state index is -0.247. The van der Waals surface area contributed by atoms with E-state index < -0.39 is 0 Å². The van der Waals surface area contributed by atoms with Gasteiger partial charge in [0, 0.05) is 11.7 Å². The SMILES string of the molecule is CCOC(=O)c1ccc(NC2CCCCCC2)cc1. The molecule has 1 aromatic rings. The van der Waals surface area contributed by atoms with Crippen molar-refractivity contribution in [3.05, 3.63) is 29.8 Å². The van der Waals surface area contributed by atoms with Crippen LogP contribution in [-0.2, 0) is 4.74 Å². The topological polar surface area (TPSA) is 38.3 Å². The highest BCUT2D eigenvalue weighted by molar-refractivity contribution is 5.89. The average Bonchev–Trinajstić information content (AvgIpc) is 2.68. The Balaban J connectivity index is 1.92. The van der Waals surface area contributed by atoms with Crippen molar-refractivity contribution in [2.45, 2.75) is 51.5 Å². The second-order valence-corrected chi connectivity index (χ2v) is 5.13. The van der Waals surface area contributed by atoms with Crippen molar-refractivity contribution in [3.63, 3.8) is 0 Å². The number of carbonyl (C=O) groups is 1. The molecule has 0 unspecified atom stereocenters. The number of ether oxygens (including phenoxy) is 1. The Morgan fingerprint density at radius 3 is 2.37 bits per heavy atom. The van der Waals surface area contributed by atoms with Gasteiger partial charge >= 0.3 is 5.97 Å². The second-order valence-electron chi connectivity index (χ2n) is 5.13. The third-order valence-electron chi connectivity index (χ3n) is 3.62. The van der Waals surface area contributed by atoms with Crippen molar-refractivity contribution in [1.29, 1.82) is 0 Å². The van der Waals surface area contributed by atoms with Crippen LogP contribution in [0.2, 0.25) is 0 Å². The van der Waals surface area contributed by atoms with E-state index in [9.17, 15) is 4.79 Å². The third kappa shape index (κ3) is 4.27. The highest BCUT2D eigenvalue weighted by Gasteiger charge is 2.12. The number of benzene rings is 1. The van der Waals surface area contributed by atoms with Gasteiger partial charge in [0.05, 0.1) is 12.2 Å². The van der Waals surface area contributed by atoms with E-state index in [0.717, 1.165) is 5.69 Å². The maximum atomic E-state index is 11.5. The van der Waals surface area contributed by atoms with E-state index >= 15 is 0 Å². The molecule has 1 saturated carbocycles. The Hall–Kier alpha value is -1.51. The van der Waals surface area contributed by atoms with Crippen molar-refractivity contribution in [3.8, 4) is 0 Å². The van der Waals surface area contributed by atoms with Crippen LogP contribution in [0.1, 0.15) is 55.8 Å².